The minimum absolute atomic E-state index is 0.0991. The first kappa shape index (κ1) is 28.3. The molecule has 1 aliphatic heterocycles. The lowest BCUT2D eigenvalue weighted by Crippen LogP contribution is -2.35. The Balaban J connectivity index is 1.61. The van der Waals surface area contributed by atoms with Crippen molar-refractivity contribution in [2.75, 3.05) is 13.6 Å². The molecule has 0 spiro atoms. The average molecular weight is 545 g/mol. The summed E-state index contributed by atoms with van der Waals surface area (Å²) in [5.41, 5.74) is 2.09. The minimum atomic E-state index is -4.77. The molecule has 4 nitrogen and oxygen atoms in total. The molecule has 2 atom stereocenters. The molecule has 39 heavy (non-hydrogen) atoms. The van der Waals surface area contributed by atoms with Crippen LogP contribution >= 0.6 is 0 Å². The summed E-state index contributed by atoms with van der Waals surface area (Å²) in [6.07, 6.45) is -1.82. The van der Waals surface area contributed by atoms with Crippen molar-refractivity contribution >= 4 is 11.6 Å². The van der Waals surface area contributed by atoms with Gasteiger partial charge < -0.3 is 9.64 Å². The molecule has 4 rings (SSSR count). The molecule has 0 saturated carbocycles. The van der Waals surface area contributed by atoms with Crippen LogP contribution in [-0.4, -0.2) is 36.5 Å². The van der Waals surface area contributed by atoms with Gasteiger partial charge in [0.1, 0.15) is 17.4 Å². The predicted octanol–water partition coefficient (Wildman–Crippen LogP) is 7.73. The molecule has 0 radical (unpaired) electrons. The van der Waals surface area contributed by atoms with Gasteiger partial charge in [-0.1, -0.05) is 62.2 Å². The molecule has 9 heteroatoms. The van der Waals surface area contributed by atoms with Gasteiger partial charge in [-0.25, -0.2) is 8.78 Å². The van der Waals surface area contributed by atoms with Crippen molar-refractivity contribution in [2.24, 2.45) is 10.9 Å². The third-order valence-corrected chi connectivity index (χ3v) is 6.80. The summed E-state index contributed by atoms with van der Waals surface area (Å²) in [7, 11) is 1.73. The van der Waals surface area contributed by atoms with Gasteiger partial charge in [0.25, 0.3) is 0 Å². The number of alkyl halides is 3. The molecule has 0 N–H and O–H groups in total. The number of amides is 1. The number of ether oxygens (including phenoxy) is 1. The Morgan fingerprint density at radius 3 is 2.10 bits per heavy atom. The first-order chi connectivity index (χ1) is 18.6. The van der Waals surface area contributed by atoms with Crippen molar-refractivity contribution < 1.29 is 31.5 Å². The number of unbranched alkanes of at least 4 members (excludes halogenated alkanes) is 2. The highest BCUT2D eigenvalue weighted by Crippen LogP contribution is 2.39. The summed E-state index contributed by atoms with van der Waals surface area (Å²) in [4.78, 5) is 19.8. The first-order valence-corrected chi connectivity index (χ1v) is 12.8. The van der Waals surface area contributed by atoms with Crippen LogP contribution in [0.1, 0.15) is 49.8 Å². The van der Waals surface area contributed by atoms with Gasteiger partial charge in [-0.3, -0.25) is 9.79 Å². The fourth-order valence-corrected chi connectivity index (χ4v) is 4.81. The number of nitrogens with zero attached hydrogens (tertiary/aromatic N) is 2. The van der Waals surface area contributed by atoms with Crippen LogP contribution < -0.4 is 4.74 Å². The average Bonchev–Trinajstić information content (AvgIpc) is 3.33. The molecule has 0 bridgehead atoms. The summed E-state index contributed by atoms with van der Waals surface area (Å²) >= 11 is 0. The van der Waals surface area contributed by atoms with Crippen LogP contribution in [0, 0.1) is 17.6 Å². The molecular formula is C30H29F5N2O2. The van der Waals surface area contributed by atoms with Crippen molar-refractivity contribution in [1.29, 1.82) is 0 Å². The topological polar surface area (TPSA) is 41.9 Å². The number of carbonyl (C=O) groups is 1. The zero-order valence-corrected chi connectivity index (χ0v) is 21.6. The molecule has 3 aromatic rings. The molecule has 2 unspecified atom stereocenters. The SMILES string of the molecule is CCCCCN(C)C(=O)C1CC(c2c(F)cccc2F)=NC1c1ccc(-c2ccc(OC(F)(F)F)cc2)cc1. The van der Waals surface area contributed by atoms with Gasteiger partial charge in [0, 0.05) is 25.7 Å². The number of hydrogen-bond donors (Lipinski definition) is 0. The number of hydrogen-bond acceptors (Lipinski definition) is 3. The lowest BCUT2D eigenvalue weighted by atomic mass is 9.89. The zero-order chi connectivity index (χ0) is 28.2. The molecule has 3 aromatic carbocycles. The number of rotatable bonds is 9. The van der Waals surface area contributed by atoms with Crippen LogP contribution in [0.3, 0.4) is 0 Å². The smallest absolute Gasteiger partial charge is 0.406 e. The molecule has 1 aliphatic rings. The van der Waals surface area contributed by atoms with Crippen LogP contribution in [0.15, 0.2) is 71.7 Å². The Morgan fingerprint density at radius 2 is 1.54 bits per heavy atom. The Labute approximate surface area is 224 Å². The third-order valence-electron chi connectivity index (χ3n) is 6.80. The number of aliphatic imine (C=N–C) groups is 1. The number of benzene rings is 3. The van der Waals surface area contributed by atoms with Crippen molar-refractivity contribution in [1.82, 2.24) is 4.90 Å². The van der Waals surface area contributed by atoms with Crippen molar-refractivity contribution in [3.63, 3.8) is 0 Å². The van der Waals surface area contributed by atoms with E-state index < -0.39 is 30.0 Å². The van der Waals surface area contributed by atoms with Crippen LogP contribution in [-0.2, 0) is 4.79 Å². The highest BCUT2D eigenvalue weighted by molar-refractivity contribution is 6.05. The van der Waals surface area contributed by atoms with Crippen LogP contribution in [0.4, 0.5) is 22.0 Å². The Bertz CT molecular complexity index is 1300. The second-order valence-corrected chi connectivity index (χ2v) is 9.59. The van der Waals surface area contributed by atoms with Crippen molar-refractivity contribution in [3.05, 3.63) is 89.5 Å². The molecule has 0 fully saturated rings. The fourth-order valence-electron chi connectivity index (χ4n) is 4.81. The molecule has 0 saturated heterocycles. The van der Waals surface area contributed by atoms with Gasteiger partial charge in [-0.2, -0.15) is 0 Å². The summed E-state index contributed by atoms with van der Waals surface area (Å²) < 4.78 is 70.5. The maximum absolute atomic E-state index is 14.6. The highest BCUT2D eigenvalue weighted by Gasteiger charge is 2.39. The normalized spacial score (nSPS) is 17.2. The lowest BCUT2D eigenvalue weighted by molar-refractivity contribution is -0.274. The lowest BCUT2D eigenvalue weighted by Gasteiger charge is -2.24. The second kappa shape index (κ2) is 12.0. The van der Waals surface area contributed by atoms with E-state index in [1.807, 2.05) is 0 Å². The maximum Gasteiger partial charge on any atom is 0.573 e. The highest BCUT2D eigenvalue weighted by atomic mass is 19.4. The standard InChI is InChI=1S/C30H29F5N2O2/c1-3-4-5-17-37(2)29(38)23-18-26(27-24(31)7-6-8-25(27)32)36-28(23)21-11-9-19(10-12-21)20-13-15-22(16-14-20)39-30(33,34)35/h6-16,23,28H,3-5,17-18H2,1-2H3. The molecule has 0 aromatic heterocycles. The van der Waals surface area contributed by atoms with E-state index in [9.17, 15) is 26.7 Å². The quantitative estimate of drug-likeness (QED) is 0.204. The van der Waals surface area contributed by atoms with E-state index in [-0.39, 0.29) is 29.4 Å². The number of halogens is 5. The summed E-state index contributed by atoms with van der Waals surface area (Å²) in [5.74, 6) is -2.55. The van der Waals surface area contributed by atoms with Gasteiger partial charge in [0.05, 0.1) is 17.5 Å². The Kier molecular flexibility index (Phi) is 8.67. The molecule has 1 amide bonds. The van der Waals surface area contributed by atoms with E-state index in [4.69, 9.17) is 0 Å². The van der Waals surface area contributed by atoms with Crippen molar-refractivity contribution in [2.45, 2.75) is 45.0 Å². The van der Waals surface area contributed by atoms with Gasteiger partial charge in [-0.15, -0.1) is 13.2 Å². The van der Waals surface area contributed by atoms with Gasteiger partial charge >= 0.3 is 6.36 Å². The van der Waals surface area contributed by atoms with E-state index in [0.717, 1.165) is 24.8 Å². The largest absolute Gasteiger partial charge is 0.573 e. The molecule has 1 heterocycles. The summed E-state index contributed by atoms with van der Waals surface area (Å²) in [6.45, 7) is 2.65. The van der Waals surface area contributed by atoms with Gasteiger partial charge in [-0.05, 0) is 47.4 Å². The van der Waals surface area contributed by atoms with Crippen LogP contribution in [0.2, 0.25) is 0 Å². The first-order valence-electron chi connectivity index (χ1n) is 12.8. The third kappa shape index (κ3) is 6.82. The molecular weight excluding hydrogens is 515 g/mol. The number of carbonyl (C=O) groups excluding carboxylic acids is 1. The fraction of sp³-hybridized carbons (Fsp3) is 0.333. The van der Waals surface area contributed by atoms with E-state index in [1.165, 1.54) is 42.5 Å². The Hall–Kier alpha value is -3.75. The van der Waals surface area contributed by atoms with Crippen LogP contribution in [0.25, 0.3) is 11.1 Å². The van der Waals surface area contributed by atoms with Crippen molar-refractivity contribution in [3.8, 4) is 16.9 Å². The van der Waals surface area contributed by atoms with Gasteiger partial charge in [0.2, 0.25) is 5.91 Å². The summed E-state index contributed by atoms with van der Waals surface area (Å²) in [6, 6.07) is 15.6. The Morgan fingerprint density at radius 1 is 0.949 bits per heavy atom. The second-order valence-electron chi connectivity index (χ2n) is 9.59. The molecule has 0 aliphatic carbocycles. The van der Waals surface area contributed by atoms with E-state index in [2.05, 4.69) is 16.7 Å². The minimum Gasteiger partial charge on any atom is -0.406 e. The van der Waals surface area contributed by atoms with E-state index in [0.29, 0.717) is 17.7 Å². The molecule has 206 valence electrons. The van der Waals surface area contributed by atoms with Gasteiger partial charge in [0.15, 0.2) is 0 Å². The predicted molar refractivity (Wildman–Crippen MR) is 139 cm³/mol. The van der Waals surface area contributed by atoms with Crippen LogP contribution in [0.5, 0.6) is 5.75 Å². The van der Waals surface area contributed by atoms with E-state index in [1.54, 1.807) is 36.2 Å². The summed E-state index contributed by atoms with van der Waals surface area (Å²) in [5, 5.41) is 0. The monoisotopic (exact) mass is 544 g/mol. The zero-order valence-electron chi connectivity index (χ0n) is 21.6. The maximum atomic E-state index is 14.6. The van der Waals surface area contributed by atoms with E-state index >= 15 is 0 Å².